The van der Waals surface area contributed by atoms with Crippen molar-refractivity contribution in [3.8, 4) is 0 Å². The second-order valence-electron chi connectivity index (χ2n) is 6.54. The summed E-state index contributed by atoms with van der Waals surface area (Å²) >= 11 is 0. The van der Waals surface area contributed by atoms with E-state index >= 15 is 0 Å². The minimum atomic E-state index is -2.23. The predicted molar refractivity (Wildman–Crippen MR) is 76.8 cm³/mol. The highest BCUT2D eigenvalue weighted by Gasteiger charge is 2.32. The molecule has 0 saturated heterocycles. The Balaban J connectivity index is 2.61. The molecule has 4 heteroatoms. The van der Waals surface area contributed by atoms with Gasteiger partial charge in [0.2, 0.25) is 0 Å². The van der Waals surface area contributed by atoms with E-state index in [2.05, 4.69) is 19.2 Å². The van der Waals surface area contributed by atoms with E-state index in [-0.39, 0.29) is 12.0 Å². The average Bonchev–Trinajstić information content (AvgIpc) is 2.51. The van der Waals surface area contributed by atoms with Crippen LogP contribution in [0.5, 0.6) is 0 Å². The first kappa shape index (κ1) is 16.8. The molecule has 0 spiro atoms. The zero-order valence-corrected chi connectivity index (χ0v) is 12.7. The summed E-state index contributed by atoms with van der Waals surface area (Å²) in [7, 11) is 1.83. The molecule has 114 valence electrons. The van der Waals surface area contributed by atoms with Crippen LogP contribution in [-0.4, -0.2) is 44.0 Å². The molecule has 0 amide bonds. The smallest absolute Gasteiger partial charge is 0.251 e. The standard InChI is InChI=1S/C15H30F2N2/c1-13(2)18-11-15(8-6-4-5-7-9-15)12-19(3)10-14(16)17/h13-14,18H,4-12H2,1-3H3. The van der Waals surface area contributed by atoms with Crippen LogP contribution in [0, 0.1) is 5.41 Å². The molecular formula is C15H30F2N2. The molecule has 19 heavy (non-hydrogen) atoms. The van der Waals surface area contributed by atoms with Crippen LogP contribution in [0.3, 0.4) is 0 Å². The number of hydrogen-bond acceptors (Lipinski definition) is 2. The Bertz CT molecular complexity index is 236. The Hall–Kier alpha value is -0.220. The summed E-state index contributed by atoms with van der Waals surface area (Å²) in [5, 5.41) is 3.53. The Labute approximate surface area is 116 Å². The highest BCUT2D eigenvalue weighted by molar-refractivity contribution is 4.87. The number of alkyl halides is 2. The Morgan fingerprint density at radius 3 is 2.16 bits per heavy atom. The van der Waals surface area contributed by atoms with Crippen molar-refractivity contribution < 1.29 is 8.78 Å². The quantitative estimate of drug-likeness (QED) is 0.716. The fourth-order valence-corrected chi connectivity index (χ4v) is 3.16. The van der Waals surface area contributed by atoms with Crippen molar-refractivity contribution in [2.75, 3.05) is 26.7 Å². The van der Waals surface area contributed by atoms with Gasteiger partial charge in [0, 0.05) is 19.1 Å². The molecule has 0 aliphatic heterocycles. The van der Waals surface area contributed by atoms with E-state index in [1.54, 1.807) is 0 Å². The lowest BCUT2D eigenvalue weighted by atomic mass is 9.79. The summed E-state index contributed by atoms with van der Waals surface area (Å²) < 4.78 is 25.0. The van der Waals surface area contributed by atoms with Crippen molar-refractivity contribution in [3.05, 3.63) is 0 Å². The zero-order valence-electron chi connectivity index (χ0n) is 12.7. The lowest BCUT2D eigenvalue weighted by Gasteiger charge is -2.37. The van der Waals surface area contributed by atoms with Crippen LogP contribution in [-0.2, 0) is 0 Å². The fraction of sp³-hybridized carbons (Fsp3) is 1.00. The van der Waals surface area contributed by atoms with Crippen LogP contribution in [0.2, 0.25) is 0 Å². The predicted octanol–water partition coefficient (Wildman–Crippen LogP) is 3.52. The molecule has 1 fully saturated rings. The molecule has 0 aromatic heterocycles. The molecule has 0 unspecified atom stereocenters. The van der Waals surface area contributed by atoms with Crippen LogP contribution in [0.4, 0.5) is 8.78 Å². The largest absolute Gasteiger partial charge is 0.314 e. The first-order valence-electron chi connectivity index (χ1n) is 7.64. The van der Waals surface area contributed by atoms with Gasteiger partial charge in [0.15, 0.2) is 0 Å². The van der Waals surface area contributed by atoms with Crippen molar-refractivity contribution in [3.63, 3.8) is 0 Å². The molecule has 0 atom stereocenters. The number of nitrogens with zero attached hydrogens (tertiary/aromatic N) is 1. The zero-order chi connectivity index (χ0) is 14.3. The first-order chi connectivity index (χ1) is 8.93. The van der Waals surface area contributed by atoms with E-state index < -0.39 is 6.43 Å². The van der Waals surface area contributed by atoms with Crippen LogP contribution in [0.15, 0.2) is 0 Å². The van der Waals surface area contributed by atoms with E-state index in [0.29, 0.717) is 6.04 Å². The van der Waals surface area contributed by atoms with E-state index in [9.17, 15) is 8.78 Å². The van der Waals surface area contributed by atoms with Crippen molar-refractivity contribution in [1.29, 1.82) is 0 Å². The SMILES string of the molecule is CC(C)NCC1(CN(C)CC(F)F)CCCCCC1. The molecule has 2 nitrogen and oxygen atoms in total. The van der Waals surface area contributed by atoms with Crippen molar-refractivity contribution in [1.82, 2.24) is 10.2 Å². The van der Waals surface area contributed by atoms with Gasteiger partial charge in [-0.2, -0.15) is 0 Å². The molecule has 1 saturated carbocycles. The van der Waals surface area contributed by atoms with Gasteiger partial charge in [-0.1, -0.05) is 39.5 Å². The highest BCUT2D eigenvalue weighted by atomic mass is 19.3. The lowest BCUT2D eigenvalue weighted by molar-refractivity contribution is 0.0681. The van der Waals surface area contributed by atoms with Crippen molar-refractivity contribution in [2.45, 2.75) is 64.8 Å². The first-order valence-corrected chi connectivity index (χ1v) is 7.64. The molecule has 1 N–H and O–H groups in total. The molecular weight excluding hydrogens is 246 g/mol. The third-order valence-electron chi connectivity index (χ3n) is 4.10. The van der Waals surface area contributed by atoms with Crippen molar-refractivity contribution >= 4 is 0 Å². The highest BCUT2D eigenvalue weighted by Crippen LogP contribution is 2.35. The van der Waals surface area contributed by atoms with Crippen LogP contribution in [0.25, 0.3) is 0 Å². The summed E-state index contributed by atoms with van der Waals surface area (Å²) in [6.07, 6.45) is 5.17. The molecule has 1 rings (SSSR count). The van der Waals surface area contributed by atoms with Gasteiger partial charge >= 0.3 is 0 Å². The Kier molecular flexibility index (Phi) is 7.22. The maximum Gasteiger partial charge on any atom is 0.251 e. The molecule has 0 heterocycles. The summed E-state index contributed by atoms with van der Waals surface area (Å²) in [6, 6.07) is 0.459. The van der Waals surface area contributed by atoms with Gasteiger partial charge in [-0.3, -0.25) is 0 Å². The number of hydrogen-bond donors (Lipinski definition) is 1. The Morgan fingerprint density at radius 1 is 1.11 bits per heavy atom. The van der Waals surface area contributed by atoms with Gasteiger partial charge in [0.1, 0.15) is 0 Å². The minimum absolute atomic E-state index is 0.108. The van der Waals surface area contributed by atoms with Gasteiger partial charge in [-0.25, -0.2) is 8.78 Å². The van der Waals surface area contributed by atoms with Crippen molar-refractivity contribution in [2.24, 2.45) is 5.41 Å². The number of nitrogens with one attached hydrogen (secondary N) is 1. The number of halogens is 2. The summed E-state index contributed by atoms with van der Waals surface area (Å²) in [5.74, 6) is 0. The Morgan fingerprint density at radius 2 is 1.68 bits per heavy atom. The lowest BCUT2D eigenvalue weighted by Crippen LogP contribution is -2.45. The molecule has 1 aliphatic carbocycles. The van der Waals surface area contributed by atoms with E-state index in [1.165, 1.54) is 38.5 Å². The van der Waals surface area contributed by atoms with Gasteiger partial charge in [-0.15, -0.1) is 0 Å². The van der Waals surface area contributed by atoms with E-state index in [1.807, 2.05) is 11.9 Å². The van der Waals surface area contributed by atoms with Crippen LogP contribution < -0.4 is 5.32 Å². The maximum atomic E-state index is 12.5. The van der Waals surface area contributed by atoms with Crippen LogP contribution in [0.1, 0.15) is 52.4 Å². The second-order valence-corrected chi connectivity index (χ2v) is 6.54. The fourth-order valence-electron chi connectivity index (χ4n) is 3.16. The van der Waals surface area contributed by atoms with Gasteiger partial charge in [0.25, 0.3) is 6.43 Å². The van der Waals surface area contributed by atoms with E-state index in [0.717, 1.165) is 13.1 Å². The maximum absolute atomic E-state index is 12.5. The van der Waals surface area contributed by atoms with Gasteiger partial charge in [0.05, 0.1) is 6.54 Å². The normalized spacial score (nSPS) is 20.2. The molecule has 0 bridgehead atoms. The molecule has 1 aliphatic rings. The van der Waals surface area contributed by atoms with Gasteiger partial charge < -0.3 is 10.2 Å². The van der Waals surface area contributed by atoms with Crippen LogP contribution >= 0.6 is 0 Å². The molecule has 0 aromatic carbocycles. The van der Waals surface area contributed by atoms with E-state index in [4.69, 9.17) is 0 Å². The summed E-state index contributed by atoms with van der Waals surface area (Å²) in [4.78, 5) is 1.82. The topological polar surface area (TPSA) is 15.3 Å². The van der Waals surface area contributed by atoms with Gasteiger partial charge in [-0.05, 0) is 25.3 Å². The second kappa shape index (κ2) is 8.15. The third kappa shape index (κ3) is 6.66. The monoisotopic (exact) mass is 276 g/mol. The number of rotatable bonds is 7. The summed E-state index contributed by atoms with van der Waals surface area (Å²) in [6.45, 7) is 5.93. The molecule has 0 aromatic rings. The minimum Gasteiger partial charge on any atom is -0.314 e. The summed E-state index contributed by atoms with van der Waals surface area (Å²) in [5.41, 5.74) is 0.185. The average molecular weight is 276 g/mol. The third-order valence-corrected chi connectivity index (χ3v) is 4.10. The molecule has 0 radical (unpaired) electrons.